The molecule has 2 aromatic rings. The fourth-order valence-electron chi connectivity index (χ4n) is 3.88. The minimum Gasteiger partial charge on any atom is -0.495 e. The van der Waals surface area contributed by atoms with Gasteiger partial charge in [-0.2, -0.15) is 0 Å². The topological polar surface area (TPSA) is 77.5 Å². The summed E-state index contributed by atoms with van der Waals surface area (Å²) in [5.41, 5.74) is 1.65. The summed E-state index contributed by atoms with van der Waals surface area (Å²) in [6.07, 6.45) is 0. The van der Waals surface area contributed by atoms with Crippen molar-refractivity contribution in [1.29, 1.82) is 0 Å². The van der Waals surface area contributed by atoms with Crippen molar-refractivity contribution in [3.63, 3.8) is 0 Å². The Morgan fingerprint density at radius 3 is 2.16 bits per heavy atom. The third kappa shape index (κ3) is 3.59. The Labute approximate surface area is 180 Å². The molecule has 2 aliphatic heterocycles. The molecule has 0 aliphatic carbocycles. The Hall–Kier alpha value is -3.52. The lowest BCUT2D eigenvalue weighted by molar-refractivity contribution is -0.121. The fraction of sp³-hybridized carbons (Fsp3) is 0.304. The van der Waals surface area contributed by atoms with Gasteiger partial charge < -0.3 is 23.8 Å². The van der Waals surface area contributed by atoms with Crippen molar-refractivity contribution in [2.75, 3.05) is 52.5 Å². The number of nitrogens with zero attached hydrogens (tertiary/aromatic N) is 2. The van der Waals surface area contributed by atoms with Gasteiger partial charge in [0.15, 0.2) is 11.5 Å². The summed E-state index contributed by atoms with van der Waals surface area (Å²) in [7, 11) is 4.58. The Bertz CT molecular complexity index is 1040. The number of ether oxygens (including phenoxy) is 4. The van der Waals surface area contributed by atoms with E-state index in [4.69, 9.17) is 18.9 Å². The van der Waals surface area contributed by atoms with Crippen LogP contribution in [0.4, 0.5) is 5.69 Å². The number of hydrogen-bond acceptors (Lipinski definition) is 7. The van der Waals surface area contributed by atoms with E-state index in [0.29, 0.717) is 66.1 Å². The van der Waals surface area contributed by atoms with Gasteiger partial charge in [0, 0.05) is 13.1 Å². The van der Waals surface area contributed by atoms with E-state index in [-0.39, 0.29) is 5.91 Å². The number of benzene rings is 2. The average molecular weight is 424 g/mol. The number of para-hydroxylation sites is 2. The third-order valence-electron chi connectivity index (χ3n) is 5.39. The molecule has 1 fully saturated rings. The highest BCUT2D eigenvalue weighted by molar-refractivity contribution is 6.45. The smallest absolute Gasteiger partial charge is 0.282 e. The summed E-state index contributed by atoms with van der Waals surface area (Å²) in [5.74, 6) is 0.659. The number of hydrogen-bond donors (Lipinski definition) is 0. The van der Waals surface area contributed by atoms with Gasteiger partial charge in [0.2, 0.25) is 0 Å². The zero-order chi connectivity index (χ0) is 22.0. The van der Waals surface area contributed by atoms with Crippen LogP contribution in [-0.2, 0) is 14.3 Å². The maximum Gasteiger partial charge on any atom is 0.282 e. The second-order valence-corrected chi connectivity index (χ2v) is 7.01. The SMILES string of the molecule is COc1ccc(C2=C(N3CCOCC3)C(=O)N(c3ccccc3OC)C2=O)cc1OC. The first kappa shape index (κ1) is 20.7. The molecule has 2 aliphatic rings. The molecule has 0 N–H and O–H groups in total. The molecule has 4 rings (SSSR count). The molecular weight excluding hydrogens is 400 g/mol. The monoisotopic (exact) mass is 424 g/mol. The lowest BCUT2D eigenvalue weighted by Gasteiger charge is -2.29. The molecule has 2 heterocycles. The molecule has 0 saturated carbocycles. The van der Waals surface area contributed by atoms with Crippen molar-refractivity contribution in [2.24, 2.45) is 0 Å². The largest absolute Gasteiger partial charge is 0.495 e. The second-order valence-electron chi connectivity index (χ2n) is 7.01. The zero-order valence-corrected chi connectivity index (χ0v) is 17.7. The van der Waals surface area contributed by atoms with Gasteiger partial charge in [-0.05, 0) is 29.8 Å². The Morgan fingerprint density at radius 2 is 1.48 bits per heavy atom. The highest BCUT2D eigenvalue weighted by Crippen LogP contribution is 2.40. The molecule has 2 aromatic carbocycles. The number of morpholine rings is 1. The van der Waals surface area contributed by atoms with Crippen LogP contribution in [0.5, 0.6) is 17.2 Å². The van der Waals surface area contributed by atoms with E-state index in [1.54, 1.807) is 49.6 Å². The van der Waals surface area contributed by atoms with Crippen LogP contribution in [-0.4, -0.2) is 64.3 Å². The number of rotatable bonds is 6. The first-order valence-corrected chi connectivity index (χ1v) is 9.91. The van der Waals surface area contributed by atoms with Crippen LogP contribution < -0.4 is 19.1 Å². The Kier molecular flexibility index (Phi) is 5.81. The van der Waals surface area contributed by atoms with Crippen molar-refractivity contribution in [2.45, 2.75) is 0 Å². The van der Waals surface area contributed by atoms with E-state index in [0.717, 1.165) is 0 Å². The summed E-state index contributed by atoms with van der Waals surface area (Å²) in [4.78, 5) is 30.3. The predicted molar refractivity (Wildman–Crippen MR) is 114 cm³/mol. The minimum atomic E-state index is -0.414. The Balaban J connectivity index is 1.86. The third-order valence-corrected chi connectivity index (χ3v) is 5.39. The molecule has 0 aromatic heterocycles. The molecule has 0 spiro atoms. The quantitative estimate of drug-likeness (QED) is 0.659. The Morgan fingerprint density at radius 1 is 0.806 bits per heavy atom. The number of carbonyl (C=O) groups excluding carboxylic acids is 2. The summed E-state index contributed by atoms with van der Waals surface area (Å²) in [6.45, 7) is 2.01. The van der Waals surface area contributed by atoms with E-state index in [1.807, 2.05) is 4.90 Å². The second kappa shape index (κ2) is 8.69. The van der Waals surface area contributed by atoms with E-state index < -0.39 is 5.91 Å². The molecule has 0 unspecified atom stereocenters. The number of carbonyl (C=O) groups is 2. The number of amides is 2. The number of anilines is 1. The van der Waals surface area contributed by atoms with Gasteiger partial charge in [0.25, 0.3) is 11.8 Å². The summed E-state index contributed by atoms with van der Waals surface area (Å²) in [5, 5.41) is 0. The molecule has 1 saturated heterocycles. The highest BCUT2D eigenvalue weighted by atomic mass is 16.5. The van der Waals surface area contributed by atoms with Crippen LogP contribution in [0.25, 0.3) is 5.57 Å². The van der Waals surface area contributed by atoms with E-state index in [2.05, 4.69) is 0 Å². The highest BCUT2D eigenvalue weighted by Gasteiger charge is 2.43. The molecule has 31 heavy (non-hydrogen) atoms. The first-order chi connectivity index (χ1) is 15.1. The van der Waals surface area contributed by atoms with Gasteiger partial charge in [-0.15, -0.1) is 0 Å². The first-order valence-electron chi connectivity index (χ1n) is 9.91. The molecule has 0 radical (unpaired) electrons. The summed E-state index contributed by atoms with van der Waals surface area (Å²) < 4.78 is 21.6. The molecule has 8 nitrogen and oxygen atoms in total. The van der Waals surface area contributed by atoms with Gasteiger partial charge in [0.05, 0.1) is 45.8 Å². The molecule has 2 amide bonds. The van der Waals surface area contributed by atoms with Crippen LogP contribution in [0.15, 0.2) is 48.2 Å². The van der Waals surface area contributed by atoms with Gasteiger partial charge in [0.1, 0.15) is 11.4 Å². The molecule has 8 heteroatoms. The van der Waals surface area contributed by atoms with Crippen LogP contribution >= 0.6 is 0 Å². The maximum absolute atomic E-state index is 13.7. The van der Waals surface area contributed by atoms with Crippen molar-refractivity contribution in [3.8, 4) is 17.2 Å². The molecule has 0 atom stereocenters. The predicted octanol–water partition coefficient (Wildman–Crippen LogP) is 2.33. The van der Waals surface area contributed by atoms with Gasteiger partial charge >= 0.3 is 0 Å². The van der Waals surface area contributed by atoms with Gasteiger partial charge in [-0.25, -0.2) is 4.90 Å². The molecule has 162 valence electrons. The minimum absolute atomic E-state index is 0.318. The maximum atomic E-state index is 13.7. The molecule has 0 bridgehead atoms. The van der Waals surface area contributed by atoms with Crippen molar-refractivity contribution >= 4 is 23.1 Å². The van der Waals surface area contributed by atoms with Crippen molar-refractivity contribution in [3.05, 3.63) is 53.7 Å². The number of imide groups is 1. The van der Waals surface area contributed by atoms with Crippen LogP contribution in [0.3, 0.4) is 0 Å². The normalized spacial score (nSPS) is 16.7. The van der Waals surface area contributed by atoms with Crippen molar-refractivity contribution < 1.29 is 28.5 Å². The van der Waals surface area contributed by atoms with Gasteiger partial charge in [-0.1, -0.05) is 18.2 Å². The van der Waals surface area contributed by atoms with Crippen LogP contribution in [0, 0.1) is 0 Å². The summed E-state index contributed by atoms with van der Waals surface area (Å²) in [6, 6.07) is 12.2. The lowest BCUT2D eigenvalue weighted by Crippen LogP contribution is -2.40. The van der Waals surface area contributed by atoms with Gasteiger partial charge in [-0.3, -0.25) is 9.59 Å². The molecular formula is C23H24N2O6. The fourth-order valence-corrected chi connectivity index (χ4v) is 3.88. The van der Waals surface area contributed by atoms with E-state index >= 15 is 0 Å². The van der Waals surface area contributed by atoms with Crippen LogP contribution in [0.2, 0.25) is 0 Å². The standard InChI is InChI=1S/C23H24N2O6/c1-28-17-7-5-4-6-16(17)25-22(26)20(15-8-9-18(29-2)19(14-15)30-3)21(23(25)27)24-10-12-31-13-11-24/h4-9,14H,10-13H2,1-3H3. The van der Waals surface area contributed by atoms with E-state index in [1.165, 1.54) is 19.1 Å². The number of methoxy groups -OCH3 is 3. The average Bonchev–Trinajstić information content (AvgIpc) is 3.08. The lowest BCUT2D eigenvalue weighted by atomic mass is 10.0. The van der Waals surface area contributed by atoms with E-state index in [9.17, 15) is 9.59 Å². The summed E-state index contributed by atoms with van der Waals surface area (Å²) >= 11 is 0. The van der Waals surface area contributed by atoms with Crippen molar-refractivity contribution in [1.82, 2.24) is 4.90 Å². The van der Waals surface area contributed by atoms with Crippen LogP contribution in [0.1, 0.15) is 5.56 Å². The zero-order valence-electron chi connectivity index (χ0n) is 17.7.